The van der Waals surface area contributed by atoms with Gasteiger partial charge in [-0.05, 0) is 31.0 Å². The average molecular weight is 460 g/mol. The van der Waals surface area contributed by atoms with Gasteiger partial charge in [-0.15, -0.1) is 0 Å². The number of hydrogen-bond acceptors (Lipinski definition) is 5. The number of rotatable bonds is 7. The summed E-state index contributed by atoms with van der Waals surface area (Å²) in [5.74, 6) is 0.0869. The standard InChI is InChI=1S/C21H26FN7O2S/c1-21(2,15-9-10-16(17(22)13-15)14-7-5-4-6-8-14)18-26-20(29(3)28-18)27-19(23)25-11-12-32(24,30)31/h4-10,13H,11-12H2,1-3H3,(H2,24,30,31)(H3,23,25,26,27,28). The van der Waals surface area contributed by atoms with Crippen LogP contribution in [0.5, 0.6) is 0 Å². The van der Waals surface area contributed by atoms with Gasteiger partial charge in [0.05, 0.1) is 17.7 Å². The smallest absolute Gasteiger partial charge is 0.227 e. The van der Waals surface area contributed by atoms with Gasteiger partial charge in [0.25, 0.3) is 0 Å². The van der Waals surface area contributed by atoms with Gasteiger partial charge in [-0.3, -0.25) is 10.3 Å². The second-order valence-electron chi connectivity index (χ2n) is 7.83. The number of anilines is 1. The Bertz CT molecular complexity index is 1240. The Morgan fingerprint density at radius 1 is 1.22 bits per heavy atom. The van der Waals surface area contributed by atoms with E-state index < -0.39 is 15.4 Å². The first-order chi connectivity index (χ1) is 15.0. The molecule has 3 rings (SSSR count). The summed E-state index contributed by atoms with van der Waals surface area (Å²) in [5, 5.41) is 12.2. The van der Waals surface area contributed by atoms with E-state index in [0.29, 0.717) is 22.9 Å². The maximum atomic E-state index is 14.9. The molecule has 1 aromatic heterocycles. The van der Waals surface area contributed by atoms with Crippen molar-refractivity contribution in [3.8, 4) is 11.1 Å². The van der Waals surface area contributed by atoms with E-state index in [1.54, 1.807) is 13.1 Å². The highest BCUT2D eigenvalue weighted by atomic mass is 32.2. The number of aromatic nitrogens is 3. The summed E-state index contributed by atoms with van der Waals surface area (Å²) in [6, 6.07) is 14.4. The number of halogens is 1. The molecule has 32 heavy (non-hydrogen) atoms. The van der Waals surface area contributed by atoms with E-state index >= 15 is 0 Å². The minimum absolute atomic E-state index is 0.0215. The maximum Gasteiger partial charge on any atom is 0.227 e. The Hall–Kier alpha value is -3.31. The molecule has 11 heteroatoms. The molecule has 0 amide bonds. The van der Waals surface area contributed by atoms with Gasteiger partial charge in [0.2, 0.25) is 16.0 Å². The van der Waals surface area contributed by atoms with Crippen LogP contribution in [0.25, 0.3) is 11.1 Å². The third kappa shape index (κ3) is 5.48. The summed E-state index contributed by atoms with van der Waals surface area (Å²) in [6.07, 6.45) is 0. The van der Waals surface area contributed by atoms with Crippen molar-refractivity contribution in [2.24, 2.45) is 22.9 Å². The summed E-state index contributed by atoms with van der Waals surface area (Å²) in [7, 11) is -1.95. The fourth-order valence-corrected chi connectivity index (χ4v) is 3.44. The topological polar surface area (TPSA) is 141 Å². The number of benzene rings is 2. The van der Waals surface area contributed by atoms with Crippen molar-refractivity contribution in [1.29, 1.82) is 0 Å². The van der Waals surface area contributed by atoms with Crippen LogP contribution in [0.1, 0.15) is 25.2 Å². The molecule has 0 fully saturated rings. The monoisotopic (exact) mass is 459 g/mol. The van der Waals surface area contributed by atoms with Gasteiger partial charge < -0.3 is 5.73 Å². The third-order valence-electron chi connectivity index (χ3n) is 5.00. The predicted octanol–water partition coefficient (Wildman–Crippen LogP) is 1.96. The van der Waals surface area contributed by atoms with Crippen LogP contribution >= 0.6 is 0 Å². The molecule has 0 spiro atoms. The number of aryl methyl sites for hydroxylation is 1. The van der Waals surface area contributed by atoms with Gasteiger partial charge >= 0.3 is 0 Å². The third-order valence-corrected chi connectivity index (χ3v) is 5.75. The number of aliphatic imine (C=N–C) groups is 1. The van der Waals surface area contributed by atoms with Gasteiger partial charge in [0, 0.05) is 12.6 Å². The zero-order valence-electron chi connectivity index (χ0n) is 18.1. The molecule has 9 nitrogen and oxygen atoms in total. The van der Waals surface area contributed by atoms with Crippen LogP contribution in [0, 0.1) is 5.82 Å². The summed E-state index contributed by atoms with van der Waals surface area (Å²) in [5.41, 5.74) is 7.12. The molecule has 3 aromatic rings. The van der Waals surface area contributed by atoms with Gasteiger partial charge in [0.1, 0.15) is 5.82 Å². The lowest BCUT2D eigenvalue weighted by Crippen LogP contribution is -2.26. The molecule has 0 bridgehead atoms. The Morgan fingerprint density at radius 3 is 2.53 bits per heavy atom. The van der Waals surface area contributed by atoms with Crippen LogP contribution in [0.4, 0.5) is 10.3 Å². The maximum absolute atomic E-state index is 14.9. The molecule has 0 unspecified atom stereocenters. The van der Waals surface area contributed by atoms with E-state index in [4.69, 9.17) is 10.9 Å². The molecule has 2 aromatic carbocycles. The van der Waals surface area contributed by atoms with Crippen molar-refractivity contribution in [3.05, 3.63) is 65.7 Å². The number of nitrogens with zero attached hydrogens (tertiary/aromatic N) is 4. The average Bonchev–Trinajstić information content (AvgIpc) is 3.08. The number of guanidine groups is 1. The lowest BCUT2D eigenvalue weighted by atomic mass is 9.83. The van der Waals surface area contributed by atoms with E-state index in [-0.39, 0.29) is 24.1 Å². The molecule has 5 N–H and O–H groups in total. The molecular formula is C21H26FN7O2S. The van der Waals surface area contributed by atoms with Crippen molar-refractivity contribution >= 4 is 21.9 Å². The largest absolute Gasteiger partial charge is 0.370 e. The van der Waals surface area contributed by atoms with Crippen molar-refractivity contribution in [2.45, 2.75) is 19.3 Å². The fourth-order valence-electron chi connectivity index (χ4n) is 3.09. The van der Waals surface area contributed by atoms with Gasteiger partial charge in [0.15, 0.2) is 11.8 Å². The normalized spacial score (nSPS) is 12.7. The summed E-state index contributed by atoms with van der Waals surface area (Å²) >= 11 is 0. The summed E-state index contributed by atoms with van der Waals surface area (Å²) in [6.45, 7) is 3.71. The van der Waals surface area contributed by atoms with Crippen molar-refractivity contribution in [3.63, 3.8) is 0 Å². The fraction of sp³-hybridized carbons (Fsp3) is 0.286. The highest BCUT2D eigenvalue weighted by Crippen LogP contribution is 2.33. The molecule has 0 saturated heterocycles. The first-order valence-electron chi connectivity index (χ1n) is 9.82. The molecule has 1 heterocycles. The Morgan fingerprint density at radius 2 is 1.91 bits per heavy atom. The van der Waals surface area contributed by atoms with E-state index in [2.05, 4.69) is 20.4 Å². The second kappa shape index (κ2) is 9.05. The number of primary sulfonamides is 1. The number of nitrogens with one attached hydrogen (secondary N) is 1. The first kappa shape index (κ1) is 23.4. The number of hydrogen-bond donors (Lipinski definition) is 3. The van der Waals surface area contributed by atoms with E-state index in [0.717, 1.165) is 5.56 Å². The molecule has 170 valence electrons. The molecular weight excluding hydrogens is 433 g/mol. The molecule has 0 radical (unpaired) electrons. The van der Waals surface area contributed by atoms with E-state index in [9.17, 15) is 12.8 Å². The minimum Gasteiger partial charge on any atom is -0.370 e. The molecule has 0 atom stereocenters. The molecule has 0 aliphatic heterocycles. The van der Waals surface area contributed by atoms with Crippen LogP contribution in [0.3, 0.4) is 0 Å². The van der Waals surface area contributed by atoms with Gasteiger partial charge in [-0.2, -0.15) is 10.1 Å². The Balaban J connectivity index is 1.82. The van der Waals surface area contributed by atoms with Crippen LogP contribution in [-0.2, 0) is 22.5 Å². The van der Waals surface area contributed by atoms with Crippen LogP contribution in [0.15, 0.2) is 53.5 Å². The minimum atomic E-state index is -3.63. The van der Waals surface area contributed by atoms with Crippen molar-refractivity contribution < 1.29 is 12.8 Å². The van der Waals surface area contributed by atoms with Crippen LogP contribution in [0.2, 0.25) is 0 Å². The lowest BCUT2D eigenvalue weighted by molar-refractivity contribution is 0.568. The zero-order valence-corrected chi connectivity index (χ0v) is 18.9. The van der Waals surface area contributed by atoms with E-state index in [1.165, 1.54) is 10.7 Å². The Labute approximate surface area is 186 Å². The predicted molar refractivity (Wildman–Crippen MR) is 123 cm³/mol. The zero-order chi connectivity index (χ0) is 23.5. The summed E-state index contributed by atoms with van der Waals surface area (Å²) < 4.78 is 38.4. The molecule has 0 aliphatic carbocycles. The molecule has 0 saturated carbocycles. The number of nitrogens with two attached hydrogens (primary N) is 2. The first-order valence-corrected chi connectivity index (χ1v) is 11.5. The summed E-state index contributed by atoms with van der Waals surface area (Å²) in [4.78, 5) is 8.40. The van der Waals surface area contributed by atoms with Gasteiger partial charge in [-0.1, -0.05) is 42.5 Å². The van der Waals surface area contributed by atoms with Gasteiger partial charge in [-0.25, -0.2) is 22.6 Å². The van der Waals surface area contributed by atoms with Crippen molar-refractivity contribution in [2.75, 3.05) is 17.6 Å². The van der Waals surface area contributed by atoms with Crippen molar-refractivity contribution in [1.82, 2.24) is 14.8 Å². The number of sulfonamides is 1. The lowest BCUT2D eigenvalue weighted by Gasteiger charge is -2.22. The van der Waals surface area contributed by atoms with Crippen LogP contribution < -0.4 is 16.2 Å². The highest BCUT2D eigenvalue weighted by molar-refractivity contribution is 7.89. The SMILES string of the molecule is Cn1nc(C(C)(C)c2ccc(-c3ccccc3)c(F)c2)nc1NC(N)=NCCS(N)(=O)=O. The molecule has 0 aliphatic rings. The highest BCUT2D eigenvalue weighted by Gasteiger charge is 2.30. The second-order valence-corrected chi connectivity index (χ2v) is 9.56. The Kier molecular flexibility index (Phi) is 6.60. The van der Waals surface area contributed by atoms with Crippen LogP contribution in [-0.4, -0.2) is 41.4 Å². The van der Waals surface area contributed by atoms with E-state index in [1.807, 2.05) is 50.2 Å². The quantitative estimate of drug-likeness (QED) is 0.364.